The molecule has 0 fully saturated rings. The standard InChI is InChI=1S/C18H12F6N4O6/c19-17(20,21)15(31)7-9(11-3-1-5-33-11)25-27(15)13(29)14(30)28-16(32,18(22,23)24)8-10(26-28)12-4-2-6-34-12/h1-6,31-32H,7-8H2. The number of carbonyl (C=O) groups excluding carboxylic acids is 2. The van der Waals surface area contributed by atoms with Crippen molar-refractivity contribution in [2.45, 2.75) is 36.6 Å². The molecule has 2 atom stereocenters. The van der Waals surface area contributed by atoms with Crippen molar-refractivity contribution in [1.29, 1.82) is 0 Å². The topological polar surface area (TPSA) is 132 Å². The maximum absolute atomic E-state index is 13.7. The van der Waals surface area contributed by atoms with Gasteiger partial charge in [0, 0.05) is 0 Å². The van der Waals surface area contributed by atoms with E-state index in [4.69, 9.17) is 8.83 Å². The van der Waals surface area contributed by atoms with Crippen molar-refractivity contribution >= 4 is 23.2 Å². The molecule has 0 aromatic carbocycles. The predicted molar refractivity (Wildman–Crippen MR) is 95.4 cm³/mol. The quantitative estimate of drug-likeness (QED) is 0.485. The molecule has 4 rings (SSSR count). The second-order valence-electron chi connectivity index (χ2n) is 7.26. The molecule has 4 heterocycles. The molecule has 0 saturated carbocycles. The number of nitrogens with zero attached hydrogens (tertiary/aromatic N) is 4. The van der Waals surface area contributed by atoms with Crippen molar-refractivity contribution in [3.63, 3.8) is 0 Å². The molecule has 0 aliphatic carbocycles. The summed E-state index contributed by atoms with van der Waals surface area (Å²) in [6, 6.07) is 4.82. The SMILES string of the molecule is O=C(C(=O)N1N=C(c2ccco2)CC1(O)C(F)(F)F)N1N=C(c2ccco2)CC1(O)C(F)(F)F. The Labute approximate surface area is 184 Å². The van der Waals surface area contributed by atoms with E-state index >= 15 is 0 Å². The number of furan rings is 2. The molecule has 16 heteroatoms. The van der Waals surface area contributed by atoms with Gasteiger partial charge in [-0.3, -0.25) is 9.59 Å². The summed E-state index contributed by atoms with van der Waals surface area (Å²) in [4.78, 5) is 25.4. The number of aliphatic hydroxyl groups is 2. The Hall–Kier alpha value is -3.66. The smallest absolute Gasteiger partial charge is 0.438 e. The molecule has 2 aromatic heterocycles. The van der Waals surface area contributed by atoms with Crippen molar-refractivity contribution in [2.24, 2.45) is 10.2 Å². The van der Waals surface area contributed by atoms with Crippen LogP contribution in [0.1, 0.15) is 24.4 Å². The zero-order valence-corrected chi connectivity index (χ0v) is 16.5. The minimum atomic E-state index is -5.59. The van der Waals surface area contributed by atoms with Gasteiger partial charge in [-0.05, 0) is 24.3 Å². The number of hydrazone groups is 2. The van der Waals surface area contributed by atoms with Crippen LogP contribution in [0.25, 0.3) is 0 Å². The van der Waals surface area contributed by atoms with Crippen LogP contribution in [-0.2, 0) is 9.59 Å². The van der Waals surface area contributed by atoms with E-state index in [-0.39, 0.29) is 11.5 Å². The molecule has 182 valence electrons. The molecule has 0 saturated heterocycles. The maximum Gasteiger partial charge on any atom is 0.438 e. The van der Waals surface area contributed by atoms with Gasteiger partial charge < -0.3 is 19.0 Å². The minimum absolute atomic E-state index is 0.295. The van der Waals surface area contributed by atoms with Crippen LogP contribution in [0.15, 0.2) is 55.8 Å². The average Bonchev–Trinajstić information content (AvgIpc) is 3.51. The Morgan fingerprint density at radius 2 is 1.15 bits per heavy atom. The van der Waals surface area contributed by atoms with E-state index in [9.17, 15) is 46.1 Å². The lowest BCUT2D eigenvalue weighted by Crippen LogP contribution is -2.63. The summed E-state index contributed by atoms with van der Waals surface area (Å²) >= 11 is 0. The third kappa shape index (κ3) is 3.45. The molecule has 2 amide bonds. The van der Waals surface area contributed by atoms with Crippen LogP contribution < -0.4 is 0 Å². The van der Waals surface area contributed by atoms with Gasteiger partial charge in [-0.2, -0.15) is 46.6 Å². The summed E-state index contributed by atoms with van der Waals surface area (Å²) in [6.45, 7) is 0. The lowest BCUT2D eigenvalue weighted by Gasteiger charge is -2.35. The van der Waals surface area contributed by atoms with Crippen LogP contribution in [0.3, 0.4) is 0 Å². The Bertz CT molecular complexity index is 1080. The third-order valence-corrected chi connectivity index (χ3v) is 5.06. The highest BCUT2D eigenvalue weighted by atomic mass is 19.4. The fourth-order valence-corrected chi connectivity index (χ4v) is 3.30. The average molecular weight is 494 g/mol. The van der Waals surface area contributed by atoms with E-state index in [1.165, 1.54) is 12.1 Å². The fraction of sp³-hybridized carbons (Fsp3) is 0.333. The zero-order valence-electron chi connectivity index (χ0n) is 16.5. The highest BCUT2D eigenvalue weighted by Crippen LogP contribution is 2.44. The first-order valence-electron chi connectivity index (χ1n) is 9.19. The van der Waals surface area contributed by atoms with Gasteiger partial charge in [0.05, 0.1) is 25.4 Å². The molecule has 0 spiro atoms. The number of amides is 2. The van der Waals surface area contributed by atoms with Crippen molar-refractivity contribution < 1.29 is 55.0 Å². The van der Waals surface area contributed by atoms with Gasteiger partial charge in [-0.1, -0.05) is 0 Å². The molecule has 2 N–H and O–H groups in total. The van der Waals surface area contributed by atoms with Crippen LogP contribution >= 0.6 is 0 Å². The summed E-state index contributed by atoms with van der Waals surface area (Å²) < 4.78 is 91.7. The molecule has 34 heavy (non-hydrogen) atoms. The number of carbonyl (C=O) groups is 2. The van der Waals surface area contributed by atoms with E-state index in [2.05, 4.69) is 10.2 Å². The van der Waals surface area contributed by atoms with Gasteiger partial charge in [-0.25, -0.2) is 0 Å². The van der Waals surface area contributed by atoms with E-state index in [0.29, 0.717) is 0 Å². The fourth-order valence-electron chi connectivity index (χ4n) is 3.30. The summed E-state index contributed by atoms with van der Waals surface area (Å²) in [6.07, 6.45) is -11.8. The molecule has 2 aromatic rings. The molecule has 0 bridgehead atoms. The lowest BCUT2D eigenvalue weighted by atomic mass is 10.0. The molecule has 2 unspecified atom stereocenters. The molecule has 2 aliphatic heterocycles. The van der Waals surface area contributed by atoms with Crippen molar-refractivity contribution in [2.75, 3.05) is 0 Å². The first-order chi connectivity index (χ1) is 15.7. The predicted octanol–water partition coefficient (Wildman–Crippen LogP) is 1.95. The normalized spacial score (nSPS) is 25.5. The summed E-state index contributed by atoms with van der Waals surface area (Å²) in [7, 11) is 0. The molecule has 2 aliphatic rings. The van der Waals surface area contributed by atoms with Crippen molar-refractivity contribution in [1.82, 2.24) is 10.0 Å². The van der Waals surface area contributed by atoms with Gasteiger partial charge in [0.1, 0.15) is 22.9 Å². The van der Waals surface area contributed by atoms with Crippen LogP contribution in [0.5, 0.6) is 0 Å². The highest BCUT2D eigenvalue weighted by Gasteiger charge is 2.68. The van der Waals surface area contributed by atoms with Gasteiger partial charge in [-0.15, -0.1) is 0 Å². The highest BCUT2D eigenvalue weighted by molar-refractivity contribution is 6.36. The van der Waals surface area contributed by atoms with Crippen molar-refractivity contribution in [3.05, 3.63) is 48.3 Å². The van der Waals surface area contributed by atoms with Gasteiger partial charge >= 0.3 is 24.2 Å². The molecule has 10 nitrogen and oxygen atoms in total. The summed E-state index contributed by atoms with van der Waals surface area (Å²) in [5.41, 5.74) is -9.41. The molecular weight excluding hydrogens is 482 g/mol. The van der Waals surface area contributed by atoms with Crippen LogP contribution in [0.2, 0.25) is 0 Å². The largest absolute Gasteiger partial charge is 0.463 e. The second kappa shape index (κ2) is 7.42. The monoisotopic (exact) mass is 494 g/mol. The maximum atomic E-state index is 13.7. The zero-order chi connectivity index (χ0) is 25.1. The molecule has 0 radical (unpaired) electrons. The Kier molecular flexibility index (Phi) is 5.13. The summed E-state index contributed by atoms with van der Waals surface area (Å²) in [5.74, 6) is -5.27. The van der Waals surface area contributed by atoms with Gasteiger partial charge in [0.2, 0.25) is 0 Å². The van der Waals surface area contributed by atoms with E-state index in [0.717, 1.165) is 24.7 Å². The number of alkyl halides is 6. The van der Waals surface area contributed by atoms with Crippen LogP contribution in [-0.4, -0.2) is 67.3 Å². The van der Waals surface area contributed by atoms with Crippen molar-refractivity contribution in [3.8, 4) is 0 Å². The van der Waals surface area contributed by atoms with Gasteiger partial charge in [0.25, 0.3) is 11.4 Å². The number of rotatable bonds is 2. The van der Waals surface area contributed by atoms with Crippen LogP contribution in [0.4, 0.5) is 26.3 Å². The minimum Gasteiger partial charge on any atom is -0.463 e. The summed E-state index contributed by atoms with van der Waals surface area (Å²) in [5, 5.41) is 25.6. The second-order valence-corrected chi connectivity index (χ2v) is 7.26. The van der Waals surface area contributed by atoms with Gasteiger partial charge in [0.15, 0.2) is 0 Å². The first-order valence-corrected chi connectivity index (χ1v) is 9.19. The first kappa shape index (κ1) is 23.5. The van der Waals surface area contributed by atoms with Crippen LogP contribution in [0, 0.1) is 0 Å². The van der Waals surface area contributed by atoms with E-state index in [1.54, 1.807) is 0 Å². The third-order valence-electron chi connectivity index (χ3n) is 5.06. The van der Waals surface area contributed by atoms with E-state index in [1.807, 2.05) is 0 Å². The van der Waals surface area contributed by atoms with E-state index < -0.39 is 69.9 Å². The number of halogens is 6. The Morgan fingerprint density at radius 1 is 0.794 bits per heavy atom. The Balaban J connectivity index is 1.75. The number of hydrogen-bond acceptors (Lipinski definition) is 8. The number of hydrogen-bond donors (Lipinski definition) is 2. The lowest BCUT2D eigenvalue weighted by molar-refractivity contribution is -0.307. The molecular formula is C18H12F6N4O6. The Morgan fingerprint density at radius 3 is 1.41 bits per heavy atom.